The maximum absolute atomic E-state index is 11.4. The quantitative estimate of drug-likeness (QED) is 0.169. The second-order valence-electron chi connectivity index (χ2n) is 5.23. The number of oxime groups is 1. The molecule has 0 aliphatic carbocycles. The first-order valence-corrected chi connectivity index (χ1v) is 7.67. The first-order valence-electron chi connectivity index (χ1n) is 6.68. The van der Waals surface area contributed by atoms with E-state index in [2.05, 4.69) is 15.4 Å². The third kappa shape index (κ3) is 4.29. The van der Waals surface area contributed by atoms with Crippen molar-refractivity contribution in [2.45, 2.75) is 51.7 Å². The molecule has 0 atom stereocenters. The van der Waals surface area contributed by atoms with E-state index in [1.165, 1.54) is 0 Å². The monoisotopic (exact) mass is 301 g/mol. The number of H-pyrrole nitrogens is 1. The predicted octanol–water partition coefficient (Wildman–Crippen LogP) is 1.63. The standard InChI is InChI=1S/C12H23N5O2S/c1-4-17-10(18)14-15-11(17)20-8-6-5-7-12(2,3)9(13)16-19/h19H,4-8H2,1-3H3,(H2,13,16)(H,14,18). The second kappa shape index (κ2) is 7.37. The number of nitrogens with two attached hydrogens (primary N) is 1. The Morgan fingerprint density at radius 2 is 2.25 bits per heavy atom. The zero-order valence-corrected chi connectivity index (χ0v) is 13.0. The van der Waals surface area contributed by atoms with Gasteiger partial charge in [0, 0.05) is 17.7 Å². The Bertz CT molecular complexity index is 506. The summed E-state index contributed by atoms with van der Waals surface area (Å²) in [5.41, 5.74) is 5.18. The molecule has 7 nitrogen and oxygen atoms in total. The molecule has 0 aliphatic rings. The smallest absolute Gasteiger partial charge is 0.343 e. The van der Waals surface area contributed by atoms with E-state index in [4.69, 9.17) is 10.9 Å². The van der Waals surface area contributed by atoms with Gasteiger partial charge in [0.25, 0.3) is 0 Å². The Kier molecular flexibility index (Phi) is 6.12. The van der Waals surface area contributed by atoms with Gasteiger partial charge in [-0.2, -0.15) is 0 Å². The van der Waals surface area contributed by atoms with Crippen molar-refractivity contribution in [3.8, 4) is 0 Å². The molecule has 0 amide bonds. The van der Waals surface area contributed by atoms with Gasteiger partial charge in [0.1, 0.15) is 5.84 Å². The molecule has 0 unspecified atom stereocenters. The lowest BCUT2D eigenvalue weighted by Gasteiger charge is -2.22. The summed E-state index contributed by atoms with van der Waals surface area (Å²) in [4.78, 5) is 11.4. The Hall–Kier alpha value is -1.44. The number of unbranched alkanes of at least 4 members (excludes halogenated alkanes) is 1. The van der Waals surface area contributed by atoms with Crippen LogP contribution in [-0.4, -0.2) is 31.6 Å². The van der Waals surface area contributed by atoms with Crippen LogP contribution < -0.4 is 11.4 Å². The molecule has 0 bridgehead atoms. The third-order valence-corrected chi connectivity index (χ3v) is 4.33. The molecule has 0 saturated heterocycles. The first-order chi connectivity index (χ1) is 9.42. The van der Waals surface area contributed by atoms with Crippen LogP contribution in [0.5, 0.6) is 0 Å². The van der Waals surface area contributed by atoms with Gasteiger partial charge < -0.3 is 10.9 Å². The average Bonchev–Trinajstić information content (AvgIpc) is 2.77. The second-order valence-corrected chi connectivity index (χ2v) is 6.29. The van der Waals surface area contributed by atoms with Gasteiger partial charge in [-0.15, -0.1) is 5.10 Å². The highest BCUT2D eigenvalue weighted by Crippen LogP contribution is 2.24. The highest BCUT2D eigenvalue weighted by molar-refractivity contribution is 7.99. The van der Waals surface area contributed by atoms with Crippen molar-refractivity contribution in [2.75, 3.05) is 5.75 Å². The van der Waals surface area contributed by atoms with E-state index in [0.717, 1.165) is 30.2 Å². The highest BCUT2D eigenvalue weighted by Gasteiger charge is 2.22. The minimum absolute atomic E-state index is 0.164. The van der Waals surface area contributed by atoms with Crippen molar-refractivity contribution < 1.29 is 5.21 Å². The molecule has 8 heteroatoms. The number of hydrogen-bond donors (Lipinski definition) is 3. The molecule has 0 saturated carbocycles. The molecule has 0 aliphatic heterocycles. The van der Waals surface area contributed by atoms with Crippen LogP contribution in [-0.2, 0) is 6.54 Å². The van der Waals surface area contributed by atoms with E-state index in [1.54, 1.807) is 16.3 Å². The number of amidine groups is 1. The van der Waals surface area contributed by atoms with Crippen molar-refractivity contribution in [3.05, 3.63) is 10.5 Å². The Morgan fingerprint density at radius 1 is 1.55 bits per heavy atom. The zero-order valence-electron chi connectivity index (χ0n) is 12.2. The minimum atomic E-state index is -0.294. The number of hydrogen-bond acceptors (Lipinski definition) is 5. The lowest BCUT2D eigenvalue weighted by atomic mass is 9.86. The van der Waals surface area contributed by atoms with E-state index in [0.29, 0.717) is 6.54 Å². The predicted molar refractivity (Wildman–Crippen MR) is 80.3 cm³/mol. The highest BCUT2D eigenvalue weighted by atomic mass is 32.2. The molecule has 1 aromatic rings. The molecular formula is C12H23N5O2S. The van der Waals surface area contributed by atoms with E-state index >= 15 is 0 Å². The number of nitrogens with zero attached hydrogens (tertiary/aromatic N) is 3. The van der Waals surface area contributed by atoms with Crippen LogP contribution in [0.15, 0.2) is 15.1 Å². The van der Waals surface area contributed by atoms with Crippen molar-refractivity contribution >= 4 is 17.6 Å². The maximum atomic E-state index is 11.4. The Balaban J connectivity index is 2.34. The van der Waals surface area contributed by atoms with Gasteiger partial charge in [0.2, 0.25) is 0 Å². The minimum Gasteiger partial charge on any atom is -0.409 e. The summed E-state index contributed by atoms with van der Waals surface area (Å²) in [6.45, 7) is 6.45. The fraction of sp³-hybridized carbons (Fsp3) is 0.750. The van der Waals surface area contributed by atoms with Crippen LogP contribution in [0.25, 0.3) is 0 Å². The summed E-state index contributed by atoms with van der Waals surface area (Å²) in [6, 6.07) is 0. The number of aromatic nitrogens is 3. The van der Waals surface area contributed by atoms with E-state index < -0.39 is 0 Å². The number of nitrogens with one attached hydrogen (secondary N) is 1. The molecule has 1 rings (SSSR count). The van der Waals surface area contributed by atoms with E-state index in [-0.39, 0.29) is 16.9 Å². The number of thioether (sulfide) groups is 1. The lowest BCUT2D eigenvalue weighted by molar-refractivity contribution is 0.304. The molecule has 0 spiro atoms. The molecule has 0 radical (unpaired) electrons. The topological polar surface area (TPSA) is 109 Å². The van der Waals surface area contributed by atoms with Crippen LogP contribution in [0.3, 0.4) is 0 Å². The van der Waals surface area contributed by atoms with Crippen LogP contribution in [0.1, 0.15) is 40.0 Å². The summed E-state index contributed by atoms with van der Waals surface area (Å²) in [5.74, 6) is 1.15. The normalized spacial score (nSPS) is 12.8. The van der Waals surface area contributed by atoms with Gasteiger partial charge in [-0.25, -0.2) is 9.89 Å². The van der Waals surface area contributed by atoms with Gasteiger partial charge in [-0.3, -0.25) is 4.57 Å². The van der Waals surface area contributed by atoms with E-state index in [1.807, 2.05) is 20.8 Å². The van der Waals surface area contributed by atoms with Gasteiger partial charge in [0.05, 0.1) is 0 Å². The van der Waals surface area contributed by atoms with Crippen LogP contribution >= 0.6 is 11.8 Å². The molecule has 0 fully saturated rings. The lowest BCUT2D eigenvalue weighted by Crippen LogP contribution is -2.31. The summed E-state index contributed by atoms with van der Waals surface area (Å²) in [6.07, 6.45) is 2.80. The van der Waals surface area contributed by atoms with Gasteiger partial charge in [-0.05, 0) is 19.8 Å². The van der Waals surface area contributed by atoms with Crippen molar-refractivity contribution in [2.24, 2.45) is 16.3 Å². The maximum Gasteiger partial charge on any atom is 0.343 e. The first kappa shape index (κ1) is 16.6. The van der Waals surface area contributed by atoms with Gasteiger partial charge >= 0.3 is 5.69 Å². The average molecular weight is 301 g/mol. The Morgan fingerprint density at radius 3 is 2.85 bits per heavy atom. The van der Waals surface area contributed by atoms with Crippen molar-refractivity contribution in [3.63, 3.8) is 0 Å². The van der Waals surface area contributed by atoms with Gasteiger partial charge in [0.15, 0.2) is 5.16 Å². The number of rotatable bonds is 8. The molecular weight excluding hydrogens is 278 g/mol. The fourth-order valence-electron chi connectivity index (χ4n) is 1.79. The molecule has 1 heterocycles. The number of aromatic amines is 1. The van der Waals surface area contributed by atoms with E-state index in [9.17, 15) is 4.79 Å². The van der Waals surface area contributed by atoms with Crippen molar-refractivity contribution in [1.82, 2.24) is 14.8 Å². The fourth-order valence-corrected chi connectivity index (χ4v) is 2.80. The molecule has 0 aromatic carbocycles. The molecule has 4 N–H and O–H groups in total. The van der Waals surface area contributed by atoms with Crippen LogP contribution in [0.4, 0.5) is 0 Å². The zero-order chi connectivity index (χ0) is 15.2. The Labute approximate surface area is 122 Å². The molecule has 1 aromatic heterocycles. The summed E-state index contributed by atoms with van der Waals surface area (Å²) in [7, 11) is 0. The molecule has 114 valence electrons. The van der Waals surface area contributed by atoms with Gasteiger partial charge in [-0.1, -0.05) is 37.2 Å². The van der Waals surface area contributed by atoms with Crippen LogP contribution in [0.2, 0.25) is 0 Å². The summed E-state index contributed by atoms with van der Waals surface area (Å²) < 4.78 is 1.62. The SMILES string of the molecule is CCn1c(SCCCCC(C)(C)C(N)=NO)n[nH]c1=O. The third-order valence-electron chi connectivity index (χ3n) is 3.27. The van der Waals surface area contributed by atoms with Crippen LogP contribution in [0, 0.1) is 5.41 Å². The largest absolute Gasteiger partial charge is 0.409 e. The van der Waals surface area contributed by atoms with Crippen molar-refractivity contribution in [1.29, 1.82) is 0 Å². The summed E-state index contributed by atoms with van der Waals surface area (Å²) in [5, 5.41) is 18.9. The summed E-state index contributed by atoms with van der Waals surface area (Å²) >= 11 is 1.57. The molecule has 20 heavy (non-hydrogen) atoms.